The van der Waals surface area contributed by atoms with Crippen LogP contribution in [0.4, 0.5) is 5.69 Å². The van der Waals surface area contributed by atoms with Gasteiger partial charge in [-0.15, -0.1) is 18.3 Å². The number of hydrogen-bond donors (Lipinski definition) is 1. The lowest BCUT2D eigenvalue weighted by Gasteiger charge is -2.08. The minimum Gasteiger partial charge on any atom is -0.494 e. The number of rotatable bonds is 6. The van der Waals surface area contributed by atoms with E-state index in [0.717, 1.165) is 28.5 Å². The molecule has 0 atom stereocenters. The highest BCUT2D eigenvalue weighted by molar-refractivity contribution is 7.99. The van der Waals surface area contributed by atoms with Crippen molar-refractivity contribution in [1.29, 1.82) is 0 Å². The zero-order valence-electron chi connectivity index (χ0n) is 9.03. The molecule has 0 aliphatic heterocycles. The predicted molar refractivity (Wildman–Crippen MR) is 67.6 cm³/mol. The van der Waals surface area contributed by atoms with Crippen LogP contribution in [0.3, 0.4) is 0 Å². The molecule has 0 aliphatic rings. The second-order valence-electron chi connectivity index (χ2n) is 3.06. The molecule has 0 heterocycles. The van der Waals surface area contributed by atoms with E-state index in [1.165, 1.54) is 0 Å². The topological polar surface area (TPSA) is 35.2 Å². The molecule has 0 radical (unpaired) electrons. The van der Waals surface area contributed by atoms with Crippen LogP contribution < -0.4 is 10.5 Å². The van der Waals surface area contributed by atoms with Crippen molar-refractivity contribution < 1.29 is 4.74 Å². The maximum Gasteiger partial charge on any atom is 0.120 e. The third-order valence-electron chi connectivity index (χ3n) is 1.88. The summed E-state index contributed by atoms with van der Waals surface area (Å²) in [5.74, 6) is 1.89. The van der Waals surface area contributed by atoms with E-state index >= 15 is 0 Å². The SMILES string of the molecule is C=CCCSc1cc(OCC)ccc1N. The number of thioether (sulfide) groups is 1. The number of benzene rings is 1. The van der Waals surface area contributed by atoms with E-state index < -0.39 is 0 Å². The number of nitrogens with two attached hydrogens (primary N) is 1. The Hall–Kier alpha value is -1.09. The van der Waals surface area contributed by atoms with E-state index in [2.05, 4.69) is 6.58 Å². The molecule has 0 saturated carbocycles. The number of hydrogen-bond acceptors (Lipinski definition) is 3. The largest absolute Gasteiger partial charge is 0.494 e. The van der Waals surface area contributed by atoms with Crippen LogP contribution in [-0.2, 0) is 0 Å². The molecular weight excluding hydrogens is 206 g/mol. The molecule has 1 aromatic rings. The molecule has 0 aliphatic carbocycles. The van der Waals surface area contributed by atoms with Crippen molar-refractivity contribution in [2.75, 3.05) is 18.1 Å². The smallest absolute Gasteiger partial charge is 0.120 e. The molecule has 0 aromatic heterocycles. The summed E-state index contributed by atoms with van der Waals surface area (Å²) >= 11 is 1.74. The van der Waals surface area contributed by atoms with Gasteiger partial charge >= 0.3 is 0 Å². The third-order valence-corrected chi connectivity index (χ3v) is 2.98. The van der Waals surface area contributed by atoms with Crippen molar-refractivity contribution in [2.24, 2.45) is 0 Å². The van der Waals surface area contributed by atoms with E-state index in [9.17, 15) is 0 Å². The summed E-state index contributed by atoms with van der Waals surface area (Å²) in [6.45, 7) is 6.35. The minimum absolute atomic E-state index is 0.681. The second-order valence-corrected chi connectivity index (χ2v) is 4.20. The summed E-state index contributed by atoms with van der Waals surface area (Å²) in [7, 11) is 0. The Morgan fingerprint density at radius 3 is 3.00 bits per heavy atom. The Labute approximate surface area is 95.5 Å². The third kappa shape index (κ3) is 3.88. The highest BCUT2D eigenvalue weighted by atomic mass is 32.2. The van der Waals surface area contributed by atoms with Gasteiger partial charge in [-0.1, -0.05) is 6.08 Å². The fraction of sp³-hybridized carbons (Fsp3) is 0.333. The van der Waals surface area contributed by atoms with Crippen molar-refractivity contribution in [2.45, 2.75) is 18.2 Å². The first-order valence-electron chi connectivity index (χ1n) is 5.04. The van der Waals surface area contributed by atoms with Gasteiger partial charge in [-0.2, -0.15) is 0 Å². The van der Waals surface area contributed by atoms with Crippen molar-refractivity contribution in [3.8, 4) is 5.75 Å². The predicted octanol–water partition coefficient (Wildman–Crippen LogP) is 3.34. The Balaban J connectivity index is 2.67. The van der Waals surface area contributed by atoms with Gasteiger partial charge in [-0.3, -0.25) is 0 Å². The fourth-order valence-electron chi connectivity index (χ4n) is 1.15. The lowest BCUT2D eigenvalue weighted by Crippen LogP contribution is -1.94. The summed E-state index contributed by atoms with van der Waals surface area (Å²) in [4.78, 5) is 1.09. The molecule has 0 amide bonds. The standard InChI is InChI=1S/C12H17NOS/c1-3-5-8-15-12-9-10(14-4-2)6-7-11(12)13/h3,6-7,9H,1,4-5,8,13H2,2H3. The molecule has 0 saturated heterocycles. The maximum atomic E-state index is 5.87. The van der Waals surface area contributed by atoms with Crippen LogP contribution >= 0.6 is 11.8 Å². The highest BCUT2D eigenvalue weighted by Crippen LogP contribution is 2.29. The maximum absolute atomic E-state index is 5.87. The average Bonchev–Trinajstić information content (AvgIpc) is 2.23. The minimum atomic E-state index is 0.681. The Morgan fingerprint density at radius 2 is 2.33 bits per heavy atom. The van der Waals surface area contributed by atoms with Crippen LogP contribution in [0.1, 0.15) is 13.3 Å². The van der Waals surface area contributed by atoms with Gasteiger partial charge < -0.3 is 10.5 Å². The van der Waals surface area contributed by atoms with E-state index in [1.54, 1.807) is 11.8 Å². The van der Waals surface area contributed by atoms with Gasteiger partial charge in [0.25, 0.3) is 0 Å². The molecule has 2 N–H and O–H groups in total. The van der Waals surface area contributed by atoms with E-state index in [4.69, 9.17) is 10.5 Å². The number of nitrogen functional groups attached to an aromatic ring is 1. The Bertz CT molecular complexity index is 325. The van der Waals surface area contributed by atoms with Crippen LogP contribution in [0.15, 0.2) is 35.7 Å². The molecule has 0 spiro atoms. The first-order valence-corrected chi connectivity index (χ1v) is 6.02. The highest BCUT2D eigenvalue weighted by Gasteiger charge is 2.01. The molecule has 3 heteroatoms. The molecule has 0 unspecified atom stereocenters. The number of allylic oxidation sites excluding steroid dienone is 1. The Morgan fingerprint density at radius 1 is 1.53 bits per heavy atom. The zero-order valence-corrected chi connectivity index (χ0v) is 9.85. The van der Waals surface area contributed by atoms with Gasteiger partial charge in [0.15, 0.2) is 0 Å². The lowest BCUT2D eigenvalue weighted by atomic mass is 10.3. The van der Waals surface area contributed by atoms with Crippen LogP contribution in [0.2, 0.25) is 0 Å². The Kier molecular flexibility index (Phi) is 5.12. The van der Waals surface area contributed by atoms with Gasteiger partial charge in [0, 0.05) is 16.3 Å². The van der Waals surface area contributed by atoms with Crippen LogP contribution in [-0.4, -0.2) is 12.4 Å². The molecule has 1 rings (SSSR count). The number of anilines is 1. The van der Waals surface area contributed by atoms with E-state index in [0.29, 0.717) is 6.61 Å². The van der Waals surface area contributed by atoms with E-state index in [-0.39, 0.29) is 0 Å². The fourth-order valence-corrected chi connectivity index (χ4v) is 2.09. The van der Waals surface area contributed by atoms with Crippen LogP contribution in [0.5, 0.6) is 5.75 Å². The van der Waals surface area contributed by atoms with Gasteiger partial charge in [0.05, 0.1) is 6.61 Å². The summed E-state index contributed by atoms with van der Waals surface area (Å²) in [5.41, 5.74) is 6.68. The average molecular weight is 223 g/mol. The summed E-state index contributed by atoms with van der Waals surface area (Å²) in [6.07, 6.45) is 2.90. The van der Waals surface area contributed by atoms with Gasteiger partial charge in [-0.05, 0) is 31.5 Å². The van der Waals surface area contributed by atoms with Crippen LogP contribution in [0, 0.1) is 0 Å². The molecular formula is C12H17NOS. The normalized spacial score (nSPS) is 9.93. The van der Waals surface area contributed by atoms with Crippen LogP contribution in [0.25, 0.3) is 0 Å². The quantitative estimate of drug-likeness (QED) is 0.348. The van der Waals surface area contributed by atoms with Crippen molar-refractivity contribution in [3.05, 3.63) is 30.9 Å². The molecule has 0 fully saturated rings. The molecule has 2 nitrogen and oxygen atoms in total. The van der Waals surface area contributed by atoms with E-state index in [1.807, 2.05) is 31.2 Å². The van der Waals surface area contributed by atoms with Crippen molar-refractivity contribution >= 4 is 17.4 Å². The molecule has 1 aromatic carbocycles. The number of ether oxygens (including phenoxy) is 1. The van der Waals surface area contributed by atoms with Crippen molar-refractivity contribution in [1.82, 2.24) is 0 Å². The molecule has 82 valence electrons. The van der Waals surface area contributed by atoms with Gasteiger partial charge in [0.1, 0.15) is 5.75 Å². The lowest BCUT2D eigenvalue weighted by molar-refractivity contribution is 0.339. The molecule has 15 heavy (non-hydrogen) atoms. The summed E-state index contributed by atoms with van der Waals surface area (Å²) in [5, 5.41) is 0. The van der Waals surface area contributed by atoms with Crippen molar-refractivity contribution in [3.63, 3.8) is 0 Å². The monoisotopic (exact) mass is 223 g/mol. The zero-order chi connectivity index (χ0) is 11.1. The second kappa shape index (κ2) is 6.40. The first kappa shape index (κ1) is 12.0. The van der Waals surface area contributed by atoms with Gasteiger partial charge in [-0.25, -0.2) is 0 Å². The first-order chi connectivity index (χ1) is 7.27. The summed E-state index contributed by atoms with van der Waals surface area (Å²) in [6, 6.07) is 5.78. The summed E-state index contributed by atoms with van der Waals surface area (Å²) < 4.78 is 5.42. The molecule has 0 bridgehead atoms. The van der Waals surface area contributed by atoms with Gasteiger partial charge in [0.2, 0.25) is 0 Å².